The van der Waals surface area contributed by atoms with Crippen LogP contribution in [-0.2, 0) is 6.54 Å². The summed E-state index contributed by atoms with van der Waals surface area (Å²) in [6, 6.07) is 11.3. The van der Waals surface area contributed by atoms with Gasteiger partial charge in [0.2, 0.25) is 0 Å². The van der Waals surface area contributed by atoms with Crippen LogP contribution in [0.2, 0.25) is 5.02 Å². The average Bonchev–Trinajstić information content (AvgIpc) is 3.14. The van der Waals surface area contributed by atoms with Gasteiger partial charge in [-0.05, 0) is 36.8 Å². The zero-order valence-electron chi connectivity index (χ0n) is 11.9. The van der Waals surface area contributed by atoms with Crippen LogP contribution in [0.1, 0.15) is 20.1 Å². The van der Waals surface area contributed by atoms with Crippen LogP contribution >= 0.6 is 22.9 Å². The molecule has 0 unspecified atom stereocenters. The number of thiophene rings is 1. The molecule has 0 aliphatic rings. The quantitative estimate of drug-likeness (QED) is 0.758. The van der Waals surface area contributed by atoms with Crippen LogP contribution in [-0.4, -0.2) is 16.1 Å². The minimum Gasteiger partial charge on any atom is -0.347 e. The predicted octanol–water partition coefficient (Wildman–Crippen LogP) is 4.03. The summed E-state index contributed by atoms with van der Waals surface area (Å²) < 4.78 is 0. The monoisotopic (exact) mass is 331 g/mol. The van der Waals surface area contributed by atoms with Crippen LogP contribution in [0.25, 0.3) is 11.3 Å². The number of aromatic amines is 1. The maximum Gasteiger partial charge on any atom is 0.261 e. The molecule has 0 bridgehead atoms. The second-order valence-corrected chi connectivity index (χ2v) is 6.59. The number of aryl methyl sites for hydroxylation is 1. The van der Waals surface area contributed by atoms with E-state index in [9.17, 15) is 4.79 Å². The minimum absolute atomic E-state index is 0.0682. The second kappa shape index (κ2) is 6.34. The molecule has 0 saturated heterocycles. The van der Waals surface area contributed by atoms with E-state index >= 15 is 0 Å². The Bertz CT molecular complexity index is 792. The number of carbonyl (C=O) groups excluding carboxylic acids is 1. The van der Waals surface area contributed by atoms with Gasteiger partial charge in [0.15, 0.2) is 0 Å². The van der Waals surface area contributed by atoms with E-state index in [4.69, 9.17) is 11.6 Å². The summed E-state index contributed by atoms with van der Waals surface area (Å²) in [4.78, 5) is 13.9. The van der Waals surface area contributed by atoms with Crippen molar-refractivity contribution in [1.82, 2.24) is 15.5 Å². The van der Waals surface area contributed by atoms with E-state index in [0.717, 1.165) is 21.7 Å². The van der Waals surface area contributed by atoms with Crippen LogP contribution in [0.4, 0.5) is 0 Å². The summed E-state index contributed by atoms with van der Waals surface area (Å²) in [6.07, 6.45) is 1.73. The number of carbonyl (C=O) groups is 1. The summed E-state index contributed by atoms with van der Waals surface area (Å²) in [7, 11) is 0. The Labute approximate surface area is 137 Å². The highest BCUT2D eigenvalue weighted by molar-refractivity contribution is 7.13. The number of amides is 1. The van der Waals surface area contributed by atoms with Crippen LogP contribution < -0.4 is 5.32 Å². The topological polar surface area (TPSA) is 57.8 Å². The number of rotatable bonds is 4. The van der Waals surface area contributed by atoms with Crippen molar-refractivity contribution in [3.05, 3.63) is 62.9 Å². The predicted molar refractivity (Wildman–Crippen MR) is 89.3 cm³/mol. The number of aromatic nitrogens is 2. The summed E-state index contributed by atoms with van der Waals surface area (Å²) in [5.41, 5.74) is 2.81. The largest absolute Gasteiger partial charge is 0.347 e. The first-order chi connectivity index (χ1) is 10.6. The van der Waals surface area contributed by atoms with Crippen molar-refractivity contribution in [2.75, 3.05) is 0 Å². The molecule has 2 N–H and O–H groups in total. The summed E-state index contributed by atoms with van der Waals surface area (Å²) >= 11 is 7.39. The highest BCUT2D eigenvalue weighted by Gasteiger charge is 2.11. The third-order valence-corrected chi connectivity index (χ3v) is 4.51. The van der Waals surface area contributed by atoms with Crippen LogP contribution in [0.5, 0.6) is 0 Å². The van der Waals surface area contributed by atoms with E-state index in [1.807, 2.05) is 43.3 Å². The fraction of sp³-hybridized carbons (Fsp3) is 0.125. The van der Waals surface area contributed by atoms with E-state index in [-0.39, 0.29) is 5.91 Å². The van der Waals surface area contributed by atoms with E-state index in [2.05, 4.69) is 15.5 Å². The van der Waals surface area contributed by atoms with Crippen molar-refractivity contribution < 1.29 is 4.79 Å². The number of halogens is 1. The van der Waals surface area contributed by atoms with Crippen molar-refractivity contribution in [3.8, 4) is 11.3 Å². The van der Waals surface area contributed by atoms with Gasteiger partial charge in [0.25, 0.3) is 5.91 Å². The van der Waals surface area contributed by atoms with Gasteiger partial charge >= 0.3 is 0 Å². The number of benzene rings is 1. The molecule has 3 rings (SSSR count). The maximum absolute atomic E-state index is 12.1. The number of hydrogen-bond donors (Lipinski definition) is 2. The first-order valence-electron chi connectivity index (χ1n) is 6.76. The van der Waals surface area contributed by atoms with Crippen LogP contribution in [0.15, 0.2) is 42.6 Å². The number of H-pyrrole nitrogens is 1. The van der Waals surface area contributed by atoms with Crippen molar-refractivity contribution in [1.29, 1.82) is 0 Å². The van der Waals surface area contributed by atoms with Gasteiger partial charge in [-0.1, -0.05) is 23.7 Å². The van der Waals surface area contributed by atoms with Crippen molar-refractivity contribution in [2.45, 2.75) is 13.5 Å². The molecule has 1 amide bonds. The number of nitrogens with zero attached hydrogens (tertiary/aromatic N) is 1. The van der Waals surface area contributed by atoms with Gasteiger partial charge in [-0.25, -0.2) is 0 Å². The lowest BCUT2D eigenvalue weighted by atomic mass is 10.1. The molecule has 112 valence electrons. The van der Waals surface area contributed by atoms with Gasteiger partial charge in [0, 0.05) is 22.0 Å². The fourth-order valence-electron chi connectivity index (χ4n) is 2.13. The Balaban J connectivity index is 1.73. The first-order valence-corrected chi connectivity index (χ1v) is 7.96. The molecular weight excluding hydrogens is 318 g/mol. The third kappa shape index (κ3) is 3.21. The summed E-state index contributed by atoms with van der Waals surface area (Å²) in [5, 5.41) is 10.6. The molecule has 22 heavy (non-hydrogen) atoms. The molecule has 0 aliphatic heterocycles. The average molecular weight is 332 g/mol. The van der Waals surface area contributed by atoms with Gasteiger partial charge in [0.1, 0.15) is 0 Å². The van der Waals surface area contributed by atoms with Crippen molar-refractivity contribution >= 4 is 28.8 Å². The van der Waals surface area contributed by atoms with Crippen LogP contribution in [0.3, 0.4) is 0 Å². The Morgan fingerprint density at radius 1 is 1.27 bits per heavy atom. The molecule has 1 aromatic carbocycles. The first kappa shape index (κ1) is 14.8. The third-order valence-electron chi connectivity index (χ3n) is 3.25. The molecule has 2 heterocycles. The van der Waals surface area contributed by atoms with E-state index in [1.54, 1.807) is 6.20 Å². The molecule has 2 aromatic heterocycles. The molecule has 0 fully saturated rings. The normalized spacial score (nSPS) is 10.6. The Morgan fingerprint density at radius 3 is 2.73 bits per heavy atom. The van der Waals surface area contributed by atoms with Gasteiger partial charge in [-0.2, -0.15) is 5.10 Å². The van der Waals surface area contributed by atoms with E-state index in [0.29, 0.717) is 16.4 Å². The Morgan fingerprint density at radius 2 is 2.05 bits per heavy atom. The SMILES string of the molecule is Cc1ccc(C(=O)NCc2cn[nH]c2-c2ccc(Cl)cc2)s1. The zero-order valence-corrected chi connectivity index (χ0v) is 13.5. The van der Waals surface area contributed by atoms with E-state index < -0.39 is 0 Å². The highest BCUT2D eigenvalue weighted by Crippen LogP contribution is 2.23. The minimum atomic E-state index is -0.0682. The molecule has 6 heteroatoms. The molecule has 0 aliphatic carbocycles. The zero-order chi connectivity index (χ0) is 15.5. The molecule has 0 radical (unpaired) electrons. The van der Waals surface area contributed by atoms with E-state index in [1.165, 1.54) is 11.3 Å². The van der Waals surface area contributed by atoms with Crippen molar-refractivity contribution in [3.63, 3.8) is 0 Å². The molecule has 0 saturated carbocycles. The van der Waals surface area contributed by atoms with Gasteiger partial charge in [-0.15, -0.1) is 11.3 Å². The molecule has 0 spiro atoms. The fourth-order valence-corrected chi connectivity index (χ4v) is 3.04. The lowest BCUT2D eigenvalue weighted by Crippen LogP contribution is -2.21. The Hall–Kier alpha value is -2.11. The number of hydrogen-bond acceptors (Lipinski definition) is 3. The summed E-state index contributed by atoms with van der Waals surface area (Å²) in [6.45, 7) is 2.40. The smallest absolute Gasteiger partial charge is 0.261 e. The molecule has 4 nitrogen and oxygen atoms in total. The Kier molecular flexibility index (Phi) is 4.27. The van der Waals surface area contributed by atoms with Gasteiger partial charge < -0.3 is 5.32 Å². The molecule has 0 atom stereocenters. The number of nitrogens with one attached hydrogen (secondary N) is 2. The van der Waals surface area contributed by atoms with Crippen LogP contribution in [0, 0.1) is 6.92 Å². The second-order valence-electron chi connectivity index (χ2n) is 4.87. The lowest BCUT2D eigenvalue weighted by Gasteiger charge is -2.05. The lowest BCUT2D eigenvalue weighted by molar-refractivity contribution is 0.0955. The highest BCUT2D eigenvalue weighted by atomic mass is 35.5. The standard InChI is InChI=1S/C16H14ClN3OS/c1-10-2-7-14(22-10)16(21)18-8-12-9-19-20-15(12)11-3-5-13(17)6-4-11/h2-7,9H,8H2,1H3,(H,18,21)(H,19,20). The van der Waals surface area contributed by atoms with Gasteiger partial charge in [0.05, 0.1) is 16.8 Å². The maximum atomic E-state index is 12.1. The van der Waals surface area contributed by atoms with Gasteiger partial charge in [-0.3, -0.25) is 9.89 Å². The molecular formula is C16H14ClN3OS. The molecule has 3 aromatic rings. The summed E-state index contributed by atoms with van der Waals surface area (Å²) in [5.74, 6) is -0.0682. The van der Waals surface area contributed by atoms with Crippen molar-refractivity contribution in [2.24, 2.45) is 0 Å².